The third-order valence-electron chi connectivity index (χ3n) is 5.07. The van der Waals surface area contributed by atoms with Crippen molar-refractivity contribution < 1.29 is 23.8 Å². The smallest absolute Gasteiger partial charge is 0.295 e. The average Bonchev–Trinajstić information content (AvgIpc) is 3.28. The van der Waals surface area contributed by atoms with Gasteiger partial charge in [-0.15, -0.1) is 0 Å². The predicted molar refractivity (Wildman–Crippen MR) is 118 cm³/mol. The zero-order chi connectivity index (χ0) is 22.5. The molecule has 0 aliphatic carbocycles. The van der Waals surface area contributed by atoms with E-state index in [1.165, 1.54) is 4.90 Å². The molecular formula is C24H28N2O5. The summed E-state index contributed by atoms with van der Waals surface area (Å²) >= 11 is 0. The number of ketones is 1. The van der Waals surface area contributed by atoms with Gasteiger partial charge < -0.3 is 24.1 Å². The first-order valence-electron chi connectivity index (χ1n) is 10.2. The number of aliphatic hydroxyl groups is 1. The van der Waals surface area contributed by atoms with Gasteiger partial charge in [-0.05, 0) is 70.4 Å². The van der Waals surface area contributed by atoms with Gasteiger partial charge in [-0.1, -0.05) is 12.7 Å². The van der Waals surface area contributed by atoms with Crippen molar-refractivity contribution in [2.75, 3.05) is 33.8 Å². The molecule has 0 radical (unpaired) electrons. The molecular weight excluding hydrogens is 396 g/mol. The Hall–Kier alpha value is -3.32. The van der Waals surface area contributed by atoms with Gasteiger partial charge >= 0.3 is 0 Å². The molecule has 1 aliphatic rings. The maximum atomic E-state index is 12.9. The second-order valence-electron chi connectivity index (χ2n) is 7.72. The number of furan rings is 1. The summed E-state index contributed by atoms with van der Waals surface area (Å²) in [6.45, 7) is 6.90. The molecule has 3 rings (SSSR count). The highest BCUT2D eigenvalue weighted by atomic mass is 16.5. The van der Waals surface area contributed by atoms with E-state index in [4.69, 9.17) is 9.15 Å². The largest absolute Gasteiger partial charge is 0.507 e. The van der Waals surface area contributed by atoms with E-state index in [1.807, 2.05) is 19.0 Å². The Balaban J connectivity index is 1.99. The average molecular weight is 424 g/mol. The Morgan fingerprint density at radius 1 is 1.23 bits per heavy atom. The van der Waals surface area contributed by atoms with Crippen molar-refractivity contribution in [3.63, 3.8) is 0 Å². The van der Waals surface area contributed by atoms with Crippen LogP contribution in [0.1, 0.15) is 29.5 Å². The summed E-state index contributed by atoms with van der Waals surface area (Å²) in [6.07, 6.45) is 2.32. The summed E-state index contributed by atoms with van der Waals surface area (Å²) in [7, 11) is 3.90. The van der Waals surface area contributed by atoms with E-state index in [-0.39, 0.29) is 11.3 Å². The van der Waals surface area contributed by atoms with E-state index in [1.54, 1.807) is 49.4 Å². The summed E-state index contributed by atoms with van der Waals surface area (Å²) in [5.74, 6) is 0.145. The number of carbonyl (C=O) groups excluding carboxylic acids is 2. The van der Waals surface area contributed by atoms with Crippen molar-refractivity contribution in [2.24, 2.45) is 0 Å². The minimum Gasteiger partial charge on any atom is -0.507 e. The van der Waals surface area contributed by atoms with Gasteiger partial charge in [0.25, 0.3) is 11.7 Å². The molecule has 1 aromatic heterocycles. The van der Waals surface area contributed by atoms with Crippen molar-refractivity contribution in [2.45, 2.75) is 19.4 Å². The second kappa shape index (κ2) is 9.66. The van der Waals surface area contributed by atoms with Gasteiger partial charge in [0.05, 0.1) is 5.57 Å². The fourth-order valence-corrected chi connectivity index (χ4v) is 3.58. The lowest BCUT2D eigenvalue weighted by Crippen LogP contribution is -2.32. The number of hydrogen-bond donors (Lipinski definition) is 1. The number of ether oxygens (including phenoxy) is 1. The SMILES string of the molecule is C=CCOc1ccc(/C(O)=C2\C(=O)C(=O)N(CCCN(C)C)[C@@H]2c2ccc(C)o2)cc1. The van der Waals surface area contributed by atoms with Crippen LogP contribution >= 0.6 is 0 Å². The first kappa shape index (κ1) is 22.4. The molecule has 0 spiro atoms. The number of amides is 1. The molecule has 1 amide bonds. The summed E-state index contributed by atoms with van der Waals surface area (Å²) in [5.41, 5.74) is 0.453. The van der Waals surface area contributed by atoms with Crippen LogP contribution in [0.25, 0.3) is 5.76 Å². The molecule has 1 atom stereocenters. The number of benzene rings is 1. The normalized spacial score (nSPS) is 18.1. The summed E-state index contributed by atoms with van der Waals surface area (Å²) < 4.78 is 11.2. The third kappa shape index (κ3) is 4.88. The number of aliphatic hydroxyl groups excluding tert-OH is 1. The van der Waals surface area contributed by atoms with Crippen LogP contribution in [0.5, 0.6) is 5.75 Å². The highest BCUT2D eigenvalue weighted by Gasteiger charge is 2.47. The lowest BCUT2D eigenvalue weighted by atomic mass is 9.99. The zero-order valence-corrected chi connectivity index (χ0v) is 18.1. The Morgan fingerprint density at radius 3 is 2.52 bits per heavy atom. The Bertz CT molecular complexity index is 988. The molecule has 0 unspecified atom stereocenters. The van der Waals surface area contributed by atoms with Crippen LogP contribution in [-0.4, -0.2) is 60.4 Å². The first-order chi connectivity index (χ1) is 14.8. The number of aryl methyl sites for hydroxylation is 1. The number of likely N-dealkylation sites (tertiary alicyclic amines) is 1. The van der Waals surface area contributed by atoms with Crippen LogP contribution in [-0.2, 0) is 9.59 Å². The summed E-state index contributed by atoms with van der Waals surface area (Å²) in [5, 5.41) is 11.0. The maximum absolute atomic E-state index is 12.9. The topological polar surface area (TPSA) is 83.2 Å². The van der Waals surface area contributed by atoms with Gasteiger partial charge in [0.1, 0.15) is 35.7 Å². The molecule has 0 bridgehead atoms. The second-order valence-corrected chi connectivity index (χ2v) is 7.72. The summed E-state index contributed by atoms with van der Waals surface area (Å²) in [6, 6.07) is 9.43. The van der Waals surface area contributed by atoms with Crippen LogP contribution in [0.3, 0.4) is 0 Å². The third-order valence-corrected chi connectivity index (χ3v) is 5.07. The minimum atomic E-state index is -0.771. The molecule has 2 aromatic rings. The fourth-order valence-electron chi connectivity index (χ4n) is 3.58. The van der Waals surface area contributed by atoms with E-state index >= 15 is 0 Å². The quantitative estimate of drug-likeness (QED) is 0.287. The number of hydrogen-bond acceptors (Lipinski definition) is 6. The van der Waals surface area contributed by atoms with Crippen molar-refractivity contribution in [1.29, 1.82) is 0 Å². The first-order valence-corrected chi connectivity index (χ1v) is 10.2. The minimum absolute atomic E-state index is 0.0314. The van der Waals surface area contributed by atoms with Crippen LogP contribution < -0.4 is 4.74 Å². The van der Waals surface area contributed by atoms with E-state index < -0.39 is 17.7 Å². The maximum Gasteiger partial charge on any atom is 0.295 e. The molecule has 1 aliphatic heterocycles. The molecule has 7 heteroatoms. The van der Waals surface area contributed by atoms with Gasteiger partial charge in [-0.3, -0.25) is 9.59 Å². The number of carbonyl (C=O) groups is 2. The molecule has 2 heterocycles. The van der Waals surface area contributed by atoms with Crippen LogP contribution in [0, 0.1) is 6.92 Å². The summed E-state index contributed by atoms with van der Waals surface area (Å²) in [4.78, 5) is 29.3. The van der Waals surface area contributed by atoms with E-state index in [2.05, 4.69) is 6.58 Å². The van der Waals surface area contributed by atoms with Crippen molar-refractivity contribution >= 4 is 17.4 Å². The van der Waals surface area contributed by atoms with E-state index in [0.717, 1.165) is 6.54 Å². The molecule has 1 N–H and O–H groups in total. The van der Waals surface area contributed by atoms with Gasteiger partial charge in [0.2, 0.25) is 0 Å². The Labute approximate surface area is 182 Å². The van der Waals surface area contributed by atoms with Gasteiger partial charge in [-0.2, -0.15) is 0 Å². The van der Waals surface area contributed by atoms with Crippen molar-refractivity contribution in [3.8, 4) is 5.75 Å². The van der Waals surface area contributed by atoms with Crippen LogP contribution in [0.15, 0.2) is 59.0 Å². The highest BCUT2D eigenvalue weighted by Crippen LogP contribution is 2.40. The Morgan fingerprint density at radius 2 is 1.94 bits per heavy atom. The molecule has 31 heavy (non-hydrogen) atoms. The molecule has 7 nitrogen and oxygen atoms in total. The van der Waals surface area contributed by atoms with Crippen molar-refractivity contribution in [3.05, 3.63) is 71.7 Å². The highest BCUT2D eigenvalue weighted by molar-refractivity contribution is 6.46. The molecule has 1 saturated heterocycles. The lowest BCUT2D eigenvalue weighted by Gasteiger charge is -2.24. The van der Waals surface area contributed by atoms with E-state index in [9.17, 15) is 14.7 Å². The van der Waals surface area contributed by atoms with Crippen LogP contribution in [0.4, 0.5) is 0 Å². The molecule has 1 fully saturated rings. The predicted octanol–water partition coefficient (Wildman–Crippen LogP) is 3.53. The number of nitrogens with zero attached hydrogens (tertiary/aromatic N) is 2. The zero-order valence-electron chi connectivity index (χ0n) is 18.1. The van der Waals surface area contributed by atoms with Gasteiger partial charge in [0, 0.05) is 12.1 Å². The van der Waals surface area contributed by atoms with Gasteiger partial charge in [-0.25, -0.2) is 0 Å². The molecule has 0 saturated carbocycles. The van der Waals surface area contributed by atoms with Crippen LogP contribution in [0.2, 0.25) is 0 Å². The van der Waals surface area contributed by atoms with Gasteiger partial charge in [0.15, 0.2) is 0 Å². The fraction of sp³-hybridized carbons (Fsp3) is 0.333. The number of rotatable bonds is 9. The lowest BCUT2D eigenvalue weighted by molar-refractivity contribution is -0.140. The standard InChI is InChI=1S/C24H28N2O5/c1-5-15-30-18-10-8-17(9-11-18)22(27)20-21(19-12-7-16(2)31-19)26(24(29)23(20)28)14-6-13-25(3)4/h5,7-12,21,27H,1,6,13-15H2,2-4H3/b22-20+/t21-/m1/s1. The monoisotopic (exact) mass is 424 g/mol. The molecule has 1 aromatic carbocycles. The Kier molecular flexibility index (Phi) is 6.97. The van der Waals surface area contributed by atoms with E-state index in [0.29, 0.717) is 42.4 Å². The molecule has 164 valence electrons. The number of Topliss-reactive ketones (excluding diaryl/α,β-unsaturated/α-hetero) is 1. The van der Waals surface area contributed by atoms with Crippen molar-refractivity contribution in [1.82, 2.24) is 9.80 Å².